The molecule has 2 aliphatic rings. The van der Waals surface area contributed by atoms with Crippen LogP contribution in [0.15, 0.2) is 42.5 Å². The maximum absolute atomic E-state index is 12.6. The Morgan fingerprint density at radius 1 is 1.10 bits per heavy atom. The van der Waals surface area contributed by atoms with Crippen molar-refractivity contribution in [3.63, 3.8) is 0 Å². The minimum atomic E-state index is 0.283. The summed E-state index contributed by atoms with van der Waals surface area (Å²) >= 11 is 0. The highest BCUT2D eigenvalue weighted by Crippen LogP contribution is 2.39. The Bertz CT molecular complexity index is 678. The van der Waals surface area contributed by atoms with Crippen molar-refractivity contribution >= 4 is 16.6 Å². The maximum atomic E-state index is 12.6. The number of hydrogen-bond acceptors (Lipinski definition) is 2. The van der Waals surface area contributed by atoms with Crippen LogP contribution in [0.3, 0.4) is 0 Å². The molecular weight excluding hydrogens is 258 g/mol. The predicted molar refractivity (Wildman–Crippen MR) is 85.5 cm³/mol. The van der Waals surface area contributed by atoms with Crippen LogP contribution >= 0.6 is 0 Å². The number of nitrogens with one attached hydrogen (secondary N) is 1. The van der Waals surface area contributed by atoms with Crippen molar-refractivity contribution in [1.29, 1.82) is 0 Å². The second kappa shape index (κ2) is 5.27. The van der Waals surface area contributed by atoms with Crippen LogP contribution < -0.4 is 5.32 Å². The van der Waals surface area contributed by atoms with Gasteiger partial charge in [0.25, 0.3) is 0 Å². The summed E-state index contributed by atoms with van der Waals surface area (Å²) in [5.41, 5.74) is 0.858. The molecule has 3 unspecified atom stereocenters. The number of carbonyl (C=O) groups is 1. The quantitative estimate of drug-likeness (QED) is 0.866. The third-order valence-corrected chi connectivity index (χ3v) is 5.35. The van der Waals surface area contributed by atoms with Gasteiger partial charge in [-0.25, -0.2) is 0 Å². The van der Waals surface area contributed by atoms with Crippen LogP contribution in [0, 0.1) is 11.8 Å². The fraction of sp³-hybridized carbons (Fsp3) is 0.421. The zero-order valence-corrected chi connectivity index (χ0v) is 12.2. The van der Waals surface area contributed by atoms with Gasteiger partial charge in [-0.05, 0) is 48.1 Å². The molecule has 2 nitrogen and oxygen atoms in total. The molecule has 1 heterocycles. The third-order valence-electron chi connectivity index (χ3n) is 5.35. The molecule has 1 saturated carbocycles. The molecule has 2 aromatic carbocycles. The van der Waals surface area contributed by atoms with Crippen molar-refractivity contribution in [3.8, 4) is 0 Å². The van der Waals surface area contributed by atoms with Gasteiger partial charge >= 0.3 is 0 Å². The number of rotatable bonds is 3. The largest absolute Gasteiger partial charge is 0.313 e. The van der Waals surface area contributed by atoms with Gasteiger partial charge in [-0.2, -0.15) is 0 Å². The van der Waals surface area contributed by atoms with E-state index in [-0.39, 0.29) is 5.78 Å². The fourth-order valence-electron chi connectivity index (χ4n) is 4.21. The van der Waals surface area contributed by atoms with Crippen LogP contribution in [0.4, 0.5) is 0 Å². The molecule has 4 rings (SSSR count). The van der Waals surface area contributed by atoms with Crippen molar-refractivity contribution < 1.29 is 4.79 Å². The van der Waals surface area contributed by atoms with Gasteiger partial charge in [0, 0.05) is 18.0 Å². The highest BCUT2D eigenvalue weighted by Gasteiger charge is 2.39. The van der Waals surface area contributed by atoms with E-state index in [0.717, 1.165) is 29.3 Å². The molecule has 3 atom stereocenters. The van der Waals surface area contributed by atoms with Crippen LogP contribution in [0.2, 0.25) is 0 Å². The van der Waals surface area contributed by atoms with Crippen LogP contribution in [0.25, 0.3) is 10.8 Å². The maximum Gasteiger partial charge on any atom is 0.164 e. The van der Waals surface area contributed by atoms with E-state index in [9.17, 15) is 4.79 Å². The Labute approximate surface area is 125 Å². The molecule has 0 radical (unpaired) electrons. The molecule has 0 bridgehead atoms. The second-order valence-electron chi connectivity index (χ2n) is 6.56. The molecular formula is C19H21NO. The molecule has 2 fully saturated rings. The van der Waals surface area contributed by atoms with E-state index in [4.69, 9.17) is 0 Å². The second-order valence-corrected chi connectivity index (χ2v) is 6.56. The van der Waals surface area contributed by atoms with Gasteiger partial charge in [0.1, 0.15) is 0 Å². The minimum Gasteiger partial charge on any atom is -0.313 e. The Morgan fingerprint density at radius 3 is 2.86 bits per heavy atom. The SMILES string of the molecule is O=C(CC1NCC2CCCC21)c1ccc2ccccc2c1. The van der Waals surface area contributed by atoms with Crippen molar-refractivity contribution in [2.75, 3.05) is 6.54 Å². The molecule has 2 aromatic rings. The van der Waals surface area contributed by atoms with E-state index in [1.54, 1.807) is 0 Å². The van der Waals surface area contributed by atoms with Crippen molar-refractivity contribution in [3.05, 3.63) is 48.0 Å². The van der Waals surface area contributed by atoms with Crippen LogP contribution in [-0.2, 0) is 0 Å². The summed E-state index contributed by atoms with van der Waals surface area (Å²) in [4.78, 5) is 12.6. The monoisotopic (exact) mass is 279 g/mol. The lowest BCUT2D eigenvalue weighted by molar-refractivity contribution is 0.0963. The molecule has 108 valence electrons. The molecule has 1 N–H and O–H groups in total. The van der Waals surface area contributed by atoms with Gasteiger partial charge < -0.3 is 5.32 Å². The van der Waals surface area contributed by atoms with Gasteiger partial charge in [0.15, 0.2) is 5.78 Å². The number of ketones is 1. The number of carbonyl (C=O) groups excluding carboxylic acids is 1. The van der Waals surface area contributed by atoms with Crippen molar-refractivity contribution in [2.45, 2.75) is 31.7 Å². The summed E-state index contributed by atoms with van der Waals surface area (Å²) in [6.07, 6.45) is 4.64. The lowest BCUT2D eigenvalue weighted by atomic mass is 9.89. The molecule has 0 aromatic heterocycles. The highest BCUT2D eigenvalue weighted by molar-refractivity contribution is 6.00. The molecule has 2 heteroatoms. The number of benzene rings is 2. The average Bonchev–Trinajstić information content (AvgIpc) is 3.12. The van der Waals surface area contributed by atoms with E-state index in [2.05, 4.69) is 23.5 Å². The summed E-state index contributed by atoms with van der Waals surface area (Å²) < 4.78 is 0. The standard InChI is InChI=1S/C19H21NO/c21-19(11-18-17-7-3-6-16(17)12-20-18)15-9-8-13-4-1-2-5-14(13)10-15/h1-2,4-5,8-10,16-18,20H,3,6-7,11-12H2. The average molecular weight is 279 g/mol. The zero-order valence-electron chi connectivity index (χ0n) is 12.2. The molecule has 0 spiro atoms. The van der Waals surface area contributed by atoms with Crippen LogP contribution in [-0.4, -0.2) is 18.4 Å². The lowest BCUT2D eigenvalue weighted by Crippen LogP contribution is -2.29. The predicted octanol–water partition coefficient (Wildman–Crippen LogP) is 3.80. The first-order chi connectivity index (χ1) is 10.3. The lowest BCUT2D eigenvalue weighted by Gasteiger charge is -2.17. The van der Waals surface area contributed by atoms with Crippen LogP contribution in [0.5, 0.6) is 0 Å². The first kappa shape index (κ1) is 13.0. The Balaban J connectivity index is 1.53. The van der Waals surface area contributed by atoms with E-state index in [1.165, 1.54) is 24.6 Å². The van der Waals surface area contributed by atoms with Gasteiger partial charge in [-0.1, -0.05) is 42.8 Å². The van der Waals surface area contributed by atoms with Gasteiger partial charge in [0.2, 0.25) is 0 Å². The number of fused-ring (bicyclic) bond motifs is 2. The van der Waals surface area contributed by atoms with Crippen molar-refractivity contribution in [2.24, 2.45) is 11.8 Å². The molecule has 1 saturated heterocycles. The molecule has 1 aliphatic heterocycles. The van der Waals surface area contributed by atoms with Gasteiger partial charge in [-0.3, -0.25) is 4.79 Å². The van der Waals surface area contributed by atoms with E-state index < -0.39 is 0 Å². The molecule has 1 aliphatic carbocycles. The summed E-state index contributed by atoms with van der Waals surface area (Å²) in [5.74, 6) is 1.83. The van der Waals surface area contributed by atoms with Crippen LogP contribution in [0.1, 0.15) is 36.0 Å². The summed E-state index contributed by atoms with van der Waals surface area (Å²) in [6, 6.07) is 14.7. The first-order valence-electron chi connectivity index (χ1n) is 8.06. The smallest absolute Gasteiger partial charge is 0.164 e. The van der Waals surface area contributed by atoms with E-state index in [1.807, 2.05) is 24.3 Å². The highest BCUT2D eigenvalue weighted by atomic mass is 16.1. The number of hydrogen-bond donors (Lipinski definition) is 1. The topological polar surface area (TPSA) is 29.1 Å². The summed E-state index contributed by atoms with van der Waals surface area (Å²) in [7, 11) is 0. The third kappa shape index (κ3) is 2.38. The molecule has 21 heavy (non-hydrogen) atoms. The Morgan fingerprint density at radius 2 is 1.95 bits per heavy atom. The first-order valence-corrected chi connectivity index (χ1v) is 8.06. The Hall–Kier alpha value is -1.67. The zero-order chi connectivity index (χ0) is 14.2. The Kier molecular flexibility index (Phi) is 3.27. The van der Waals surface area contributed by atoms with Gasteiger partial charge in [0.05, 0.1) is 0 Å². The van der Waals surface area contributed by atoms with Crippen molar-refractivity contribution in [1.82, 2.24) is 5.32 Å². The molecule has 0 amide bonds. The summed E-state index contributed by atoms with van der Waals surface area (Å²) in [5, 5.41) is 5.93. The normalized spacial score (nSPS) is 27.9. The fourth-order valence-corrected chi connectivity index (χ4v) is 4.21. The van der Waals surface area contributed by atoms with E-state index >= 15 is 0 Å². The van der Waals surface area contributed by atoms with E-state index in [0.29, 0.717) is 12.5 Å². The number of Topliss-reactive ketones (excluding diaryl/α,β-unsaturated/α-hetero) is 1. The van der Waals surface area contributed by atoms with Gasteiger partial charge in [-0.15, -0.1) is 0 Å². The minimum absolute atomic E-state index is 0.283. The summed E-state index contributed by atoms with van der Waals surface area (Å²) in [6.45, 7) is 1.11.